The van der Waals surface area contributed by atoms with Gasteiger partial charge in [-0.2, -0.15) is 0 Å². The lowest BCUT2D eigenvalue weighted by molar-refractivity contribution is -0.121. The lowest BCUT2D eigenvalue weighted by Crippen LogP contribution is -2.38. The molecular weight excluding hydrogens is 300 g/mol. The number of carbonyl (C=O) groups excluding carboxylic acids is 2. The third kappa shape index (κ3) is 2.96. The number of anilines is 2. The fraction of sp³-hybridized carbons (Fsp3) is 0.250. The first kappa shape index (κ1) is 14.6. The van der Waals surface area contributed by atoms with Crippen LogP contribution in [0.15, 0.2) is 35.7 Å². The predicted molar refractivity (Wildman–Crippen MR) is 86.6 cm³/mol. The van der Waals surface area contributed by atoms with Crippen molar-refractivity contribution in [3.63, 3.8) is 0 Å². The highest BCUT2D eigenvalue weighted by Gasteiger charge is 2.24. The second-order valence-corrected chi connectivity index (χ2v) is 5.95. The van der Waals surface area contributed by atoms with E-state index in [9.17, 15) is 9.59 Å². The van der Waals surface area contributed by atoms with Crippen molar-refractivity contribution < 1.29 is 14.3 Å². The third-order valence-electron chi connectivity index (χ3n) is 3.42. The van der Waals surface area contributed by atoms with E-state index >= 15 is 0 Å². The molecule has 1 N–H and O–H groups in total. The molecule has 1 aliphatic rings. The zero-order chi connectivity index (χ0) is 15.5. The molecule has 0 saturated carbocycles. The van der Waals surface area contributed by atoms with Crippen molar-refractivity contribution >= 4 is 34.5 Å². The van der Waals surface area contributed by atoms with E-state index in [1.165, 1.54) is 0 Å². The summed E-state index contributed by atoms with van der Waals surface area (Å²) < 4.78 is 5.46. The Labute approximate surface area is 132 Å². The summed E-state index contributed by atoms with van der Waals surface area (Å²) in [7, 11) is 0. The van der Waals surface area contributed by atoms with Gasteiger partial charge >= 0.3 is 0 Å². The molecule has 0 atom stereocenters. The van der Waals surface area contributed by atoms with Gasteiger partial charge in [0.15, 0.2) is 6.61 Å². The van der Waals surface area contributed by atoms with Crippen molar-refractivity contribution in [3.05, 3.63) is 40.6 Å². The van der Waals surface area contributed by atoms with Crippen LogP contribution in [0.3, 0.4) is 0 Å². The fourth-order valence-corrected chi connectivity index (χ4v) is 3.11. The Kier molecular flexibility index (Phi) is 4.11. The first-order chi connectivity index (χ1) is 10.7. The third-order valence-corrected chi connectivity index (χ3v) is 4.29. The van der Waals surface area contributed by atoms with E-state index in [-0.39, 0.29) is 18.4 Å². The highest BCUT2D eigenvalue weighted by Crippen LogP contribution is 2.34. The highest BCUT2D eigenvalue weighted by atomic mass is 32.1. The number of nitrogens with one attached hydrogen (secondary N) is 1. The minimum absolute atomic E-state index is 0.0352. The number of ether oxygens (including phenoxy) is 1. The molecule has 0 spiro atoms. The second kappa shape index (κ2) is 6.19. The molecule has 1 aromatic heterocycles. The SMILES string of the molecule is CCN1C(=O)COc2cc(NC(=O)Cc3cccs3)ccc21. The molecule has 1 aliphatic heterocycles. The molecule has 6 heteroatoms. The number of fused-ring (bicyclic) bond motifs is 1. The molecule has 2 amide bonds. The molecule has 2 heterocycles. The maximum Gasteiger partial charge on any atom is 0.265 e. The number of rotatable bonds is 4. The molecular formula is C16H16N2O3S. The summed E-state index contributed by atoms with van der Waals surface area (Å²) in [5.41, 5.74) is 1.42. The van der Waals surface area contributed by atoms with Gasteiger partial charge in [0.25, 0.3) is 5.91 Å². The van der Waals surface area contributed by atoms with Crippen LogP contribution in [0.25, 0.3) is 0 Å². The smallest absolute Gasteiger partial charge is 0.265 e. The van der Waals surface area contributed by atoms with Gasteiger partial charge < -0.3 is 15.0 Å². The van der Waals surface area contributed by atoms with Crippen LogP contribution in [0, 0.1) is 0 Å². The zero-order valence-electron chi connectivity index (χ0n) is 12.2. The molecule has 0 aliphatic carbocycles. The standard InChI is InChI=1S/C16H16N2O3S/c1-2-18-13-6-5-11(8-14(13)21-10-16(18)20)17-15(19)9-12-4-3-7-22-12/h3-8H,2,9-10H2,1H3,(H,17,19). The Morgan fingerprint density at radius 3 is 3.00 bits per heavy atom. The van der Waals surface area contributed by atoms with E-state index in [1.54, 1.807) is 34.4 Å². The fourth-order valence-electron chi connectivity index (χ4n) is 2.41. The van der Waals surface area contributed by atoms with Gasteiger partial charge in [-0.25, -0.2) is 0 Å². The van der Waals surface area contributed by atoms with Gasteiger partial charge in [-0.1, -0.05) is 6.07 Å². The van der Waals surface area contributed by atoms with Crippen molar-refractivity contribution in [2.75, 3.05) is 23.4 Å². The van der Waals surface area contributed by atoms with Crippen LogP contribution in [-0.4, -0.2) is 25.0 Å². The number of benzene rings is 1. The zero-order valence-corrected chi connectivity index (χ0v) is 13.0. The van der Waals surface area contributed by atoms with Gasteiger partial charge in [0.2, 0.25) is 5.91 Å². The number of thiophene rings is 1. The monoisotopic (exact) mass is 316 g/mol. The minimum atomic E-state index is -0.0679. The molecule has 0 unspecified atom stereocenters. The summed E-state index contributed by atoms with van der Waals surface area (Å²) in [6.45, 7) is 2.55. The van der Waals surface area contributed by atoms with E-state index in [0.717, 1.165) is 10.6 Å². The van der Waals surface area contributed by atoms with Crippen LogP contribution < -0.4 is 15.0 Å². The van der Waals surface area contributed by atoms with Gasteiger partial charge in [0.1, 0.15) is 5.75 Å². The van der Waals surface area contributed by atoms with Crippen LogP contribution in [0.1, 0.15) is 11.8 Å². The lowest BCUT2D eigenvalue weighted by Gasteiger charge is -2.28. The molecule has 0 saturated heterocycles. The first-order valence-corrected chi connectivity index (χ1v) is 7.95. The number of nitrogens with zero attached hydrogens (tertiary/aromatic N) is 1. The topological polar surface area (TPSA) is 58.6 Å². The molecule has 114 valence electrons. The Morgan fingerprint density at radius 2 is 2.27 bits per heavy atom. The average molecular weight is 316 g/mol. The van der Waals surface area contributed by atoms with Crippen molar-refractivity contribution in [2.24, 2.45) is 0 Å². The van der Waals surface area contributed by atoms with Gasteiger partial charge in [-0.3, -0.25) is 9.59 Å². The molecule has 5 nitrogen and oxygen atoms in total. The second-order valence-electron chi connectivity index (χ2n) is 4.91. The first-order valence-electron chi connectivity index (χ1n) is 7.07. The van der Waals surface area contributed by atoms with Crippen molar-refractivity contribution in [2.45, 2.75) is 13.3 Å². The van der Waals surface area contributed by atoms with Crippen LogP contribution in [-0.2, 0) is 16.0 Å². The van der Waals surface area contributed by atoms with Gasteiger partial charge in [-0.05, 0) is 30.5 Å². The van der Waals surface area contributed by atoms with E-state index < -0.39 is 0 Å². The van der Waals surface area contributed by atoms with E-state index in [2.05, 4.69) is 5.32 Å². The number of hydrogen-bond donors (Lipinski definition) is 1. The number of carbonyl (C=O) groups is 2. The Hall–Kier alpha value is -2.34. The lowest BCUT2D eigenvalue weighted by atomic mass is 10.2. The largest absolute Gasteiger partial charge is 0.481 e. The van der Waals surface area contributed by atoms with Crippen LogP contribution in [0.2, 0.25) is 0 Å². The average Bonchev–Trinajstić information content (AvgIpc) is 3.00. The van der Waals surface area contributed by atoms with Crippen LogP contribution in [0.4, 0.5) is 11.4 Å². The molecule has 22 heavy (non-hydrogen) atoms. The predicted octanol–water partition coefficient (Wildman–Crippen LogP) is 2.67. The van der Waals surface area contributed by atoms with Crippen molar-refractivity contribution in [1.82, 2.24) is 0 Å². The molecule has 0 radical (unpaired) electrons. The summed E-state index contributed by atoms with van der Waals surface area (Å²) in [4.78, 5) is 26.5. The summed E-state index contributed by atoms with van der Waals surface area (Å²) in [6.07, 6.45) is 0.356. The van der Waals surface area contributed by atoms with Gasteiger partial charge in [0, 0.05) is 23.2 Å². The summed E-state index contributed by atoms with van der Waals surface area (Å²) in [5, 5.41) is 4.81. The molecule has 3 rings (SSSR count). The van der Waals surface area contributed by atoms with Crippen LogP contribution in [0.5, 0.6) is 5.75 Å². The maximum absolute atomic E-state index is 12.0. The van der Waals surface area contributed by atoms with Crippen molar-refractivity contribution in [1.29, 1.82) is 0 Å². The Bertz CT molecular complexity index is 697. The molecule has 0 bridgehead atoms. The quantitative estimate of drug-likeness (QED) is 0.943. The number of hydrogen-bond acceptors (Lipinski definition) is 4. The Balaban J connectivity index is 1.73. The van der Waals surface area contributed by atoms with Gasteiger partial charge in [0.05, 0.1) is 12.1 Å². The minimum Gasteiger partial charge on any atom is -0.481 e. The van der Waals surface area contributed by atoms with E-state index in [0.29, 0.717) is 24.4 Å². The number of amides is 2. The van der Waals surface area contributed by atoms with E-state index in [4.69, 9.17) is 4.74 Å². The molecule has 1 aromatic carbocycles. The normalized spacial score (nSPS) is 13.5. The highest BCUT2D eigenvalue weighted by molar-refractivity contribution is 7.10. The maximum atomic E-state index is 12.0. The summed E-state index contributed by atoms with van der Waals surface area (Å²) in [5.74, 6) is 0.501. The van der Waals surface area contributed by atoms with E-state index in [1.807, 2.05) is 24.4 Å². The van der Waals surface area contributed by atoms with Crippen molar-refractivity contribution in [3.8, 4) is 5.75 Å². The summed E-state index contributed by atoms with van der Waals surface area (Å²) >= 11 is 1.56. The Morgan fingerprint density at radius 1 is 1.41 bits per heavy atom. The molecule has 2 aromatic rings. The number of likely N-dealkylation sites (N-methyl/N-ethyl adjacent to an activating group) is 1. The van der Waals surface area contributed by atoms with Crippen LogP contribution >= 0.6 is 11.3 Å². The molecule has 0 fully saturated rings. The van der Waals surface area contributed by atoms with Gasteiger partial charge in [-0.15, -0.1) is 11.3 Å². The summed E-state index contributed by atoms with van der Waals surface area (Å²) in [6, 6.07) is 9.21.